The molecule has 6 heteroatoms. The highest BCUT2D eigenvalue weighted by Crippen LogP contribution is 2.41. The van der Waals surface area contributed by atoms with Crippen LogP contribution in [0, 0.1) is 0 Å². The van der Waals surface area contributed by atoms with E-state index in [-0.39, 0.29) is 6.04 Å². The molecular formula is C22H26N4O2. The Morgan fingerprint density at radius 3 is 2.54 bits per heavy atom. The Morgan fingerprint density at radius 1 is 1.07 bits per heavy atom. The van der Waals surface area contributed by atoms with Crippen LogP contribution in [0.5, 0.6) is 11.5 Å². The van der Waals surface area contributed by atoms with Gasteiger partial charge >= 0.3 is 0 Å². The van der Waals surface area contributed by atoms with Crippen LogP contribution in [0.3, 0.4) is 0 Å². The summed E-state index contributed by atoms with van der Waals surface area (Å²) in [6, 6.07) is 8.58. The van der Waals surface area contributed by atoms with Gasteiger partial charge in [0, 0.05) is 38.2 Å². The van der Waals surface area contributed by atoms with Gasteiger partial charge in [-0.25, -0.2) is 4.98 Å². The molecule has 0 bridgehead atoms. The zero-order chi connectivity index (χ0) is 19.5. The van der Waals surface area contributed by atoms with Crippen LogP contribution in [-0.2, 0) is 19.5 Å². The van der Waals surface area contributed by atoms with Crippen molar-refractivity contribution in [3.63, 3.8) is 0 Å². The monoisotopic (exact) mass is 378 g/mol. The molecular weight excluding hydrogens is 352 g/mol. The number of rotatable bonds is 6. The summed E-state index contributed by atoms with van der Waals surface area (Å²) < 4.78 is 13.3. The molecule has 1 atom stereocenters. The number of nitrogens with zero attached hydrogens (tertiary/aromatic N) is 4. The van der Waals surface area contributed by atoms with Gasteiger partial charge in [0.2, 0.25) is 0 Å². The number of benzene rings is 1. The number of hydrogen-bond acceptors (Lipinski definition) is 5. The molecule has 0 spiro atoms. The summed E-state index contributed by atoms with van der Waals surface area (Å²) in [7, 11) is 3.37. The van der Waals surface area contributed by atoms with Gasteiger partial charge in [-0.15, -0.1) is 0 Å². The van der Waals surface area contributed by atoms with Crippen LogP contribution in [0.2, 0.25) is 0 Å². The van der Waals surface area contributed by atoms with Crippen molar-refractivity contribution >= 4 is 0 Å². The average Bonchev–Trinajstić information content (AvgIpc) is 3.20. The predicted molar refractivity (Wildman–Crippen MR) is 108 cm³/mol. The third-order valence-corrected chi connectivity index (χ3v) is 5.50. The number of pyridine rings is 1. The summed E-state index contributed by atoms with van der Waals surface area (Å²) >= 11 is 0. The Kier molecular flexibility index (Phi) is 5.30. The van der Waals surface area contributed by atoms with Crippen LogP contribution in [0.15, 0.2) is 49.2 Å². The second kappa shape index (κ2) is 8.02. The molecule has 1 aliphatic rings. The average molecular weight is 378 g/mol. The summed E-state index contributed by atoms with van der Waals surface area (Å²) in [5.41, 5.74) is 5.02. The van der Waals surface area contributed by atoms with E-state index in [4.69, 9.17) is 9.47 Å². The fraction of sp³-hybridized carbons (Fsp3) is 0.364. The smallest absolute Gasteiger partial charge is 0.161 e. The van der Waals surface area contributed by atoms with Gasteiger partial charge in [-0.2, -0.15) is 0 Å². The molecule has 146 valence electrons. The lowest BCUT2D eigenvalue weighted by molar-refractivity contribution is 0.198. The Labute approximate surface area is 165 Å². The van der Waals surface area contributed by atoms with Gasteiger partial charge in [0.1, 0.15) is 0 Å². The molecule has 0 radical (unpaired) electrons. The van der Waals surface area contributed by atoms with Crippen molar-refractivity contribution in [2.75, 3.05) is 20.8 Å². The van der Waals surface area contributed by atoms with Crippen LogP contribution in [0.25, 0.3) is 0 Å². The Hall–Kier alpha value is -2.86. The predicted octanol–water partition coefficient (Wildman–Crippen LogP) is 3.46. The van der Waals surface area contributed by atoms with E-state index in [1.54, 1.807) is 14.2 Å². The lowest BCUT2D eigenvalue weighted by atomic mass is 9.88. The molecule has 3 heterocycles. The lowest BCUT2D eigenvalue weighted by Gasteiger charge is -2.38. The summed E-state index contributed by atoms with van der Waals surface area (Å²) in [4.78, 5) is 11.1. The maximum absolute atomic E-state index is 5.59. The molecule has 1 aromatic carbocycles. The van der Waals surface area contributed by atoms with Gasteiger partial charge in [-0.05, 0) is 54.3 Å². The van der Waals surface area contributed by atoms with Crippen molar-refractivity contribution in [2.45, 2.75) is 32.5 Å². The van der Waals surface area contributed by atoms with Gasteiger partial charge in [0.25, 0.3) is 0 Å². The van der Waals surface area contributed by atoms with E-state index >= 15 is 0 Å². The van der Waals surface area contributed by atoms with E-state index in [1.165, 1.54) is 22.4 Å². The summed E-state index contributed by atoms with van der Waals surface area (Å²) in [5, 5.41) is 0. The minimum Gasteiger partial charge on any atom is -0.493 e. The molecule has 0 saturated carbocycles. The number of fused-ring (bicyclic) bond motifs is 1. The highest BCUT2D eigenvalue weighted by molar-refractivity contribution is 5.51. The third-order valence-electron chi connectivity index (χ3n) is 5.50. The first-order valence-corrected chi connectivity index (χ1v) is 9.63. The van der Waals surface area contributed by atoms with Gasteiger partial charge in [0.15, 0.2) is 11.5 Å². The van der Waals surface area contributed by atoms with Crippen molar-refractivity contribution in [2.24, 2.45) is 0 Å². The number of ether oxygens (including phenoxy) is 2. The standard InChI is InChI=1S/C22H26N4O2/c1-4-25-15-24-13-18(25)14-26-10-7-17-11-20(27-2)21(28-3)12-19(17)22(26)16-5-8-23-9-6-16/h5-6,8-9,11-13,15,22H,4,7,10,14H2,1-3H3/t22-/m0/s1. The SMILES string of the molecule is CCn1cncc1CN1CCc2cc(OC)c(OC)cc2[C@@H]1c1ccncc1. The second-order valence-electron chi connectivity index (χ2n) is 6.98. The van der Waals surface area contributed by atoms with E-state index in [9.17, 15) is 0 Å². The number of imidazole rings is 1. The second-order valence-corrected chi connectivity index (χ2v) is 6.98. The zero-order valence-corrected chi connectivity index (χ0v) is 16.6. The minimum absolute atomic E-state index is 0.131. The van der Waals surface area contributed by atoms with Gasteiger partial charge < -0.3 is 14.0 Å². The first-order chi connectivity index (χ1) is 13.7. The van der Waals surface area contributed by atoms with E-state index < -0.39 is 0 Å². The lowest BCUT2D eigenvalue weighted by Crippen LogP contribution is -2.36. The molecule has 6 nitrogen and oxygen atoms in total. The first kappa shape index (κ1) is 18.5. The molecule has 0 fully saturated rings. The van der Waals surface area contributed by atoms with Crippen LogP contribution < -0.4 is 9.47 Å². The maximum atomic E-state index is 5.59. The van der Waals surface area contributed by atoms with Crippen molar-refractivity contribution in [1.29, 1.82) is 0 Å². The van der Waals surface area contributed by atoms with E-state index in [0.29, 0.717) is 0 Å². The maximum Gasteiger partial charge on any atom is 0.161 e. The third kappa shape index (κ3) is 3.36. The van der Waals surface area contributed by atoms with Crippen LogP contribution in [0.4, 0.5) is 0 Å². The minimum atomic E-state index is 0.131. The number of aromatic nitrogens is 3. The largest absolute Gasteiger partial charge is 0.493 e. The van der Waals surface area contributed by atoms with E-state index in [1.807, 2.05) is 24.9 Å². The van der Waals surface area contributed by atoms with Gasteiger partial charge in [-0.1, -0.05) is 0 Å². The van der Waals surface area contributed by atoms with Crippen molar-refractivity contribution < 1.29 is 9.47 Å². The van der Waals surface area contributed by atoms with Crippen LogP contribution in [0.1, 0.15) is 35.3 Å². The quantitative estimate of drug-likeness (QED) is 0.657. The molecule has 2 aromatic heterocycles. The molecule has 0 aliphatic carbocycles. The summed E-state index contributed by atoms with van der Waals surface area (Å²) in [6.45, 7) is 4.87. The summed E-state index contributed by atoms with van der Waals surface area (Å²) in [6.07, 6.45) is 8.56. The van der Waals surface area contributed by atoms with Crippen molar-refractivity contribution in [3.8, 4) is 11.5 Å². The number of hydrogen-bond donors (Lipinski definition) is 0. The molecule has 4 rings (SSSR count). The highest BCUT2D eigenvalue weighted by atomic mass is 16.5. The molecule has 0 unspecified atom stereocenters. The molecule has 3 aromatic rings. The Balaban J connectivity index is 1.78. The zero-order valence-electron chi connectivity index (χ0n) is 16.6. The number of methoxy groups -OCH3 is 2. The van der Waals surface area contributed by atoms with Gasteiger partial charge in [0.05, 0.1) is 32.3 Å². The fourth-order valence-electron chi connectivity index (χ4n) is 4.08. The molecule has 28 heavy (non-hydrogen) atoms. The van der Waals surface area contributed by atoms with E-state index in [2.05, 4.69) is 50.6 Å². The van der Waals surface area contributed by atoms with Crippen LogP contribution >= 0.6 is 0 Å². The molecule has 0 amide bonds. The highest BCUT2D eigenvalue weighted by Gasteiger charge is 2.31. The van der Waals surface area contributed by atoms with Crippen molar-refractivity contribution in [1.82, 2.24) is 19.4 Å². The Bertz CT molecular complexity index is 939. The van der Waals surface area contributed by atoms with Crippen molar-refractivity contribution in [3.05, 3.63) is 71.6 Å². The summed E-state index contributed by atoms with van der Waals surface area (Å²) in [5.74, 6) is 1.55. The number of aryl methyl sites for hydroxylation is 1. The molecule has 0 saturated heterocycles. The fourth-order valence-corrected chi connectivity index (χ4v) is 4.08. The molecule has 1 aliphatic heterocycles. The normalized spacial score (nSPS) is 16.6. The van der Waals surface area contributed by atoms with Gasteiger partial charge in [-0.3, -0.25) is 9.88 Å². The molecule has 0 N–H and O–H groups in total. The Morgan fingerprint density at radius 2 is 1.82 bits per heavy atom. The van der Waals surface area contributed by atoms with Crippen LogP contribution in [-0.4, -0.2) is 40.2 Å². The topological polar surface area (TPSA) is 52.4 Å². The first-order valence-electron chi connectivity index (χ1n) is 9.63. The van der Waals surface area contributed by atoms with E-state index in [0.717, 1.165) is 37.6 Å².